The number of fused-ring (bicyclic) bond motifs is 2. The number of aliphatic hydroxyl groups is 1. The Morgan fingerprint density at radius 1 is 1.04 bits per heavy atom. The molecule has 10 heteroatoms. The van der Waals surface area contributed by atoms with Crippen molar-refractivity contribution in [1.29, 1.82) is 0 Å². The summed E-state index contributed by atoms with van der Waals surface area (Å²) < 4.78 is 18.9. The molecule has 1 aromatic rings. The second-order valence-corrected chi connectivity index (χ2v) is 14.8. The van der Waals surface area contributed by atoms with Crippen LogP contribution in [0.4, 0.5) is 0 Å². The number of piperidine rings is 2. The number of carbonyl (C=O) groups excluding carboxylic acids is 3. The first kappa shape index (κ1) is 36.4. The van der Waals surface area contributed by atoms with Crippen LogP contribution < -0.4 is 15.4 Å². The number of ether oxygens (including phenoxy) is 3. The molecule has 0 aromatic heterocycles. The molecule has 0 bridgehead atoms. The number of amides is 1. The summed E-state index contributed by atoms with van der Waals surface area (Å²) in [5.74, 6) is -0.100. The minimum Gasteiger partial charge on any atom is -0.504 e. The minimum absolute atomic E-state index is 0.00535. The maximum atomic E-state index is 14.7. The quantitative estimate of drug-likeness (QED) is 0.183. The van der Waals surface area contributed by atoms with Crippen molar-refractivity contribution in [3.8, 4) is 11.5 Å². The second-order valence-electron chi connectivity index (χ2n) is 14.8. The fourth-order valence-electron chi connectivity index (χ4n) is 9.09. The first-order valence-electron chi connectivity index (χ1n) is 18.7. The fraction of sp³-hybridized carbons (Fsp3) is 0.763. The van der Waals surface area contributed by atoms with E-state index in [1.807, 2.05) is 6.07 Å². The van der Waals surface area contributed by atoms with Crippen molar-refractivity contribution in [1.82, 2.24) is 10.6 Å². The number of carbonyl (C=O) groups is 3. The molecule has 48 heavy (non-hydrogen) atoms. The van der Waals surface area contributed by atoms with Gasteiger partial charge in [-0.15, -0.1) is 0 Å². The molecule has 3 heterocycles. The third-order valence-electron chi connectivity index (χ3n) is 11.7. The Hall–Kier alpha value is -2.85. The molecule has 268 valence electrons. The summed E-state index contributed by atoms with van der Waals surface area (Å²) in [4.78, 5) is 40.2. The molecule has 4 aliphatic rings. The monoisotopic (exact) mass is 670 g/mol. The zero-order valence-corrected chi connectivity index (χ0v) is 29.2. The van der Waals surface area contributed by atoms with Crippen LogP contribution in [-0.2, 0) is 36.7 Å². The normalized spacial score (nSPS) is 25.3. The molecule has 1 saturated carbocycles. The van der Waals surface area contributed by atoms with E-state index in [9.17, 15) is 24.6 Å². The molecule has 1 aromatic carbocycles. The van der Waals surface area contributed by atoms with Crippen LogP contribution in [0.25, 0.3) is 0 Å². The highest BCUT2D eigenvalue weighted by Crippen LogP contribution is 2.47. The topological polar surface area (TPSA) is 143 Å². The van der Waals surface area contributed by atoms with Gasteiger partial charge in [-0.05, 0) is 107 Å². The van der Waals surface area contributed by atoms with Crippen LogP contribution in [0.5, 0.6) is 11.5 Å². The first-order valence-corrected chi connectivity index (χ1v) is 18.7. The molecule has 5 rings (SSSR count). The van der Waals surface area contributed by atoms with Gasteiger partial charge in [0.05, 0.1) is 6.61 Å². The summed E-state index contributed by atoms with van der Waals surface area (Å²) in [6.07, 6.45) is 11.5. The van der Waals surface area contributed by atoms with Gasteiger partial charge in [0.25, 0.3) is 0 Å². The third-order valence-corrected chi connectivity index (χ3v) is 11.7. The zero-order chi connectivity index (χ0) is 34.1. The van der Waals surface area contributed by atoms with Crippen molar-refractivity contribution in [3.05, 3.63) is 23.3 Å². The molecule has 4 N–H and O–H groups in total. The number of rotatable bonds is 15. The molecule has 1 aliphatic carbocycles. The summed E-state index contributed by atoms with van der Waals surface area (Å²) in [5, 5.41) is 27.1. The standard InChI is InChI=1S/C38H58N2O8/c1-3-4-9-27(10-7-22-41)32(47-26(2)42)24-33(48-36(45)38-17-6-5-11-29(38)14-16-34(44)40-38)37(18-20-39-21-19-37)25-28-13-15-31(43)35-30(28)12-8-23-46-35/h13,15,27,29,32-33,39,41,43H,3-12,14,16-25H2,1-2H3,(H,40,44)/t27-,29+,32+,33-,38+/m1/s1. The van der Waals surface area contributed by atoms with E-state index in [-0.39, 0.29) is 42.0 Å². The molecule has 3 fully saturated rings. The summed E-state index contributed by atoms with van der Waals surface area (Å²) in [7, 11) is 0. The van der Waals surface area contributed by atoms with E-state index < -0.39 is 23.2 Å². The molecule has 5 atom stereocenters. The van der Waals surface area contributed by atoms with Crippen LogP contribution in [0, 0.1) is 17.3 Å². The molecule has 1 amide bonds. The summed E-state index contributed by atoms with van der Waals surface area (Å²) in [5.41, 5.74) is 0.556. The lowest BCUT2D eigenvalue weighted by molar-refractivity contribution is -0.179. The van der Waals surface area contributed by atoms with Crippen molar-refractivity contribution in [2.75, 3.05) is 26.3 Å². The SMILES string of the molecule is CCCC[C@H](CCCO)[C@H](C[C@@H](OC(=O)[C@]12CCCC[C@H]1CCC(=O)N2)C1(Cc2ccc(O)c3c2CCCO3)CCNCC1)OC(C)=O. The molecular weight excluding hydrogens is 612 g/mol. The minimum atomic E-state index is -1.04. The van der Waals surface area contributed by atoms with Gasteiger partial charge in [0.2, 0.25) is 5.91 Å². The van der Waals surface area contributed by atoms with Crippen molar-refractivity contribution in [2.45, 2.75) is 141 Å². The van der Waals surface area contributed by atoms with Gasteiger partial charge >= 0.3 is 11.9 Å². The van der Waals surface area contributed by atoms with Crippen molar-refractivity contribution < 1.29 is 38.8 Å². The number of hydrogen-bond acceptors (Lipinski definition) is 9. The fourth-order valence-corrected chi connectivity index (χ4v) is 9.09. The van der Waals surface area contributed by atoms with Crippen LogP contribution in [0.1, 0.15) is 121 Å². The number of aromatic hydroxyl groups is 1. The second kappa shape index (κ2) is 16.7. The van der Waals surface area contributed by atoms with Crippen LogP contribution in [0.2, 0.25) is 0 Å². The van der Waals surface area contributed by atoms with Gasteiger partial charge in [0.15, 0.2) is 11.5 Å². The Bertz CT molecular complexity index is 1260. The summed E-state index contributed by atoms with van der Waals surface area (Å²) >= 11 is 0. The van der Waals surface area contributed by atoms with E-state index >= 15 is 0 Å². The summed E-state index contributed by atoms with van der Waals surface area (Å²) in [6.45, 7) is 5.68. The molecular formula is C38H58N2O8. The number of nitrogens with one attached hydrogen (secondary N) is 2. The Labute approximate surface area is 286 Å². The van der Waals surface area contributed by atoms with Gasteiger partial charge in [-0.1, -0.05) is 38.7 Å². The van der Waals surface area contributed by atoms with Gasteiger partial charge in [0.1, 0.15) is 17.7 Å². The zero-order valence-electron chi connectivity index (χ0n) is 29.2. The van der Waals surface area contributed by atoms with Gasteiger partial charge in [0, 0.05) is 37.4 Å². The Kier molecular flexibility index (Phi) is 12.7. The maximum Gasteiger partial charge on any atom is 0.332 e. The number of benzene rings is 1. The third kappa shape index (κ3) is 8.29. The Morgan fingerprint density at radius 2 is 1.83 bits per heavy atom. The highest BCUT2D eigenvalue weighted by Gasteiger charge is 2.54. The summed E-state index contributed by atoms with van der Waals surface area (Å²) in [6, 6.07) is 3.69. The molecule has 2 saturated heterocycles. The highest BCUT2D eigenvalue weighted by atomic mass is 16.6. The molecule has 0 unspecified atom stereocenters. The van der Waals surface area contributed by atoms with Crippen LogP contribution >= 0.6 is 0 Å². The number of phenols is 1. The van der Waals surface area contributed by atoms with Crippen LogP contribution in [0.15, 0.2) is 12.1 Å². The van der Waals surface area contributed by atoms with Gasteiger partial charge in [-0.3, -0.25) is 9.59 Å². The lowest BCUT2D eigenvalue weighted by Crippen LogP contribution is -2.65. The Balaban J connectivity index is 1.56. The lowest BCUT2D eigenvalue weighted by Gasteiger charge is -2.49. The van der Waals surface area contributed by atoms with Gasteiger partial charge < -0.3 is 35.1 Å². The van der Waals surface area contributed by atoms with E-state index in [4.69, 9.17) is 14.2 Å². The van der Waals surface area contributed by atoms with Crippen LogP contribution in [-0.4, -0.2) is 72.1 Å². The average molecular weight is 671 g/mol. The number of phenolic OH excluding ortho intramolecular Hbond substituents is 1. The largest absolute Gasteiger partial charge is 0.504 e. The Morgan fingerprint density at radius 3 is 2.58 bits per heavy atom. The maximum absolute atomic E-state index is 14.7. The van der Waals surface area contributed by atoms with Gasteiger partial charge in [-0.25, -0.2) is 4.79 Å². The molecule has 0 radical (unpaired) electrons. The van der Waals surface area contributed by atoms with E-state index in [0.717, 1.165) is 88.4 Å². The van der Waals surface area contributed by atoms with E-state index in [0.29, 0.717) is 57.3 Å². The first-order chi connectivity index (χ1) is 23.2. The van der Waals surface area contributed by atoms with Gasteiger partial charge in [-0.2, -0.15) is 0 Å². The van der Waals surface area contributed by atoms with E-state index in [2.05, 4.69) is 17.6 Å². The lowest BCUT2D eigenvalue weighted by atomic mass is 9.66. The van der Waals surface area contributed by atoms with E-state index in [1.54, 1.807) is 6.07 Å². The highest BCUT2D eigenvalue weighted by molar-refractivity contribution is 5.90. The van der Waals surface area contributed by atoms with Crippen molar-refractivity contribution >= 4 is 17.8 Å². The number of esters is 2. The predicted octanol–water partition coefficient (Wildman–Crippen LogP) is 5.28. The predicted molar refractivity (Wildman–Crippen MR) is 182 cm³/mol. The van der Waals surface area contributed by atoms with Crippen molar-refractivity contribution in [2.24, 2.45) is 17.3 Å². The van der Waals surface area contributed by atoms with Crippen molar-refractivity contribution in [3.63, 3.8) is 0 Å². The number of aliphatic hydroxyl groups excluding tert-OH is 1. The number of unbranched alkanes of at least 4 members (excludes halogenated alkanes) is 1. The average Bonchev–Trinajstić information content (AvgIpc) is 3.09. The molecule has 3 aliphatic heterocycles. The smallest absolute Gasteiger partial charge is 0.332 e. The molecule has 0 spiro atoms. The number of hydrogen-bond donors (Lipinski definition) is 4. The van der Waals surface area contributed by atoms with Crippen LogP contribution in [0.3, 0.4) is 0 Å². The molecule has 10 nitrogen and oxygen atoms in total. The van der Waals surface area contributed by atoms with E-state index in [1.165, 1.54) is 6.92 Å².